The standard InChI is InChI=1S/C64H66ClF3N10O9S/c1-9-37-39-22-36(12-15-47(39)70-52-42(37)29-78-48(52)24-44-43(58(78)80)31-85-59(81)64(44,83)10-2)84-30-34(16-19-74(7)8)57(79)75-20-21-77(33(3)27-75)55-40-23-45(65)50(51(68)53(40)71-60(72-55)86-32-63-17-11-18-76(63)28-35(66)25-63)38-13-14-46(67)54-49(38)41(26-69)56(88-54)73-61(82)87-62(4,5)6/h12-16,22-24,33,35,83H,9-11,17-21,25,27-32H2,1-8H3,(H,73,82)/b34-16+/t33-,35+,63-,64-/m0/s1. The number of ether oxygens (including phenoxy) is 4. The molecule has 12 rings (SSSR count). The van der Waals surface area contributed by atoms with Gasteiger partial charge in [-0.15, -0.1) is 11.3 Å². The molecule has 2 amide bonds. The molecule has 3 aromatic carbocycles. The zero-order valence-corrected chi connectivity index (χ0v) is 51.6. The van der Waals surface area contributed by atoms with Gasteiger partial charge < -0.3 is 43.3 Å². The zero-order valence-electron chi connectivity index (χ0n) is 50.0. The Labute approximate surface area is 514 Å². The van der Waals surface area contributed by atoms with Crippen LogP contribution in [0, 0.1) is 23.0 Å². The fraction of sp³-hybridized carbons (Fsp3) is 0.438. The third kappa shape index (κ3) is 10.5. The summed E-state index contributed by atoms with van der Waals surface area (Å²) in [6.07, 6.45) is 2.35. The van der Waals surface area contributed by atoms with Crippen molar-refractivity contribution < 1.29 is 51.6 Å². The highest BCUT2D eigenvalue weighted by atomic mass is 35.5. The van der Waals surface area contributed by atoms with Crippen LogP contribution in [0.2, 0.25) is 5.02 Å². The second-order valence-corrected chi connectivity index (χ2v) is 26.0. The summed E-state index contributed by atoms with van der Waals surface area (Å²) in [5.41, 5.74) is 0.203. The van der Waals surface area contributed by atoms with E-state index in [-0.39, 0.29) is 148 Å². The predicted octanol–water partition coefficient (Wildman–Crippen LogP) is 10.2. The van der Waals surface area contributed by atoms with Crippen molar-refractivity contribution in [1.82, 2.24) is 34.2 Å². The number of alkyl halides is 1. The number of aliphatic hydroxyl groups is 1. The molecule has 3 saturated heterocycles. The average Bonchev–Trinajstić information content (AvgIpc) is 2.27. The van der Waals surface area contributed by atoms with Gasteiger partial charge in [-0.3, -0.25) is 19.8 Å². The second-order valence-electron chi connectivity index (χ2n) is 24.6. The molecule has 0 unspecified atom stereocenters. The molecule has 460 valence electrons. The highest BCUT2D eigenvalue weighted by molar-refractivity contribution is 7.23. The van der Waals surface area contributed by atoms with Crippen LogP contribution in [0.3, 0.4) is 0 Å². The molecule has 88 heavy (non-hydrogen) atoms. The van der Waals surface area contributed by atoms with Crippen LogP contribution in [0.15, 0.2) is 58.9 Å². The Morgan fingerprint density at radius 2 is 1.83 bits per heavy atom. The van der Waals surface area contributed by atoms with Gasteiger partial charge in [0.1, 0.15) is 65.6 Å². The quantitative estimate of drug-likeness (QED) is 0.0764. The van der Waals surface area contributed by atoms with E-state index in [0.717, 1.165) is 40.3 Å². The molecular weight excluding hydrogens is 1180 g/mol. The summed E-state index contributed by atoms with van der Waals surface area (Å²) in [6, 6.07) is 12.6. The highest BCUT2D eigenvalue weighted by Gasteiger charge is 2.50. The number of thiophene rings is 1. The van der Waals surface area contributed by atoms with E-state index in [1.165, 1.54) is 12.1 Å². The van der Waals surface area contributed by atoms with Gasteiger partial charge in [0.05, 0.1) is 55.4 Å². The van der Waals surface area contributed by atoms with Gasteiger partial charge in [-0.2, -0.15) is 15.2 Å². The summed E-state index contributed by atoms with van der Waals surface area (Å²) in [7, 11) is 3.79. The zero-order chi connectivity index (χ0) is 62.5. The Morgan fingerprint density at radius 3 is 2.56 bits per heavy atom. The van der Waals surface area contributed by atoms with Crippen LogP contribution in [0.4, 0.5) is 28.8 Å². The summed E-state index contributed by atoms with van der Waals surface area (Å²) in [5, 5.41) is 25.4. The number of aromatic nitrogens is 4. The molecule has 5 aliphatic rings. The Hall–Kier alpha value is -7.88. The maximum Gasteiger partial charge on any atom is 0.412 e. The number of carbonyl (C=O) groups is 3. The third-order valence-electron chi connectivity index (χ3n) is 17.5. The van der Waals surface area contributed by atoms with Gasteiger partial charge >= 0.3 is 18.1 Å². The van der Waals surface area contributed by atoms with Crippen molar-refractivity contribution in [2.24, 2.45) is 0 Å². The molecule has 24 heteroatoms. The van der Waals surface area contributed by atoms with Crippen LogP contribution in [0.5, 0.6) is 11.8 Å². The smallest absolute Gasteiger partial charge is 0.412 e. The van der Waals surface area contributed by atoms with Crippen LogP contribution in [0.25, 0.3) is 54.4 Å². The normalized spacial score (nSPS) is 21.0. The lowest BCUT2D eigenvalue weighted by molar-refractivity contribution is -0.172. The lowest BCUT2D eigenvalue weighted by Crippen LogP contribution is -2.54. The molecule has 7 aromatic rings. The molecule has 0 radical (unpaired) electrons. The number of likely N-dealkylation sites (N-methyl/N-ethyl adjacent to an activating group) is 1. The number of pyridine rings is 2. The van der Waals surface area contributed by atoms with Gasteiger partial charge in [0.25, 0.3) is 11.5 Å². The minimum absolute atomic E-state index is 0.00602. The van der Waals surface area contributed by atoms with Crippen molar-refractivity contribution in [3.05, 3.63) is 109 Å². The Bertz CT molecular complexity index is 4220. The van der Waals surface area contributed by atoms with E-state index in [9.17, 15) is 29.5 Å². The van der Waals surface area contributed by atoms with Gasteiger partial charge in [-0.05, 0) is 122 Å². The first-order valence-corrected chi connectivity index (χ1v) is 30.7. The van der Waals surface area contributed by atoms with Crippen molar-refractivity contribution >= 4 is 83.6 Å². The van der Waals surface area contributed by atoms with Gasteiger partial charge in [-0.1, -0.05) is 37.6 Å². The van der Waals surface area contributed by atoms with Crippen LogP contribution in [-0.2, 0) is 44.2 Å². The van der Waals surface area contributed by atoms with Gasteiger partial charge in [0.15, 0.2) is 11.4 Å². The largest absolute Gasteiger partial charge is 0.489 e. The van der Waals surface area contributed by atoms with Gasteiger partial charge in [0, 0.05) is 78.0 Å². The summed E-state index contributed by atoms with van der Waals surface area (Å²) < 4.78 is 73.9. The lowest BCUT2D eigenvalue weighted by atomic mass is 9.86. The fourth-order valence-corrected chi connectivity index (χ4v) is 14.6. The number of benzene rings is 3. The van der Waals surface area contributed by atoms with Crippen molar-refractivity contribution in [2.45, 2.75) is 116 Å². The molecule has 2 N–H and O–H groups in total. The minimum Gasteiger partial charge on any atom is -0.489 e. The van der Waals surface area contributed by atoms with E-state index in [4.69, 9.17) is 40.5 Å². The molecule has 9 heterocycles. The number of carbonyl (C=O) groups excluding carboxylic acids is 3. The number of nitrogens with zero attached hydrogens (tertiary/aromatic N) is 9. The number of aryl methyl sites for hydroxylation is 1. The first-order valence-electron chi connectivity index (χ1n) is 29.5. The number of nitrogens with one attached hydrogen (secondary N) is 1. The summed E-state index contributed by atoms with van der Waals surface area (Å²) in [4.78, 5) is 76.9. The van der Waals surface area contributed by atoms with Crippen LogP contribution < -0.4 is 25.2 Å². The van der Waals surface area contributed by atoms with E-state index >= 15 is 13.2 Å². The number of hydrogen-bond acceptors (Lipinski definition) is 17. The maximum atomic E-state index is 17.9. The van der Waals surface area contributed by atoms with Gasteiger partial charge in [-0.25, -0.2) is 27.7 Å². The number of rotatable bonds is 14. The van der Waals surface area contributed by atoms with E-state index in [2.05, 4.69) is 21.3 Å². The Kier molecular flexibility index (Phi) is 15.7. The molecule has 0 saturated carbocycles. The summed E-state index contributed by atoms with van der Waals surface area (Å²) in [6.45, 7) is 12.6. The van der Waals surface area contributed by atoms with Crippen molar-refractivity contribution in [1.29, 1.82) is 5.26 Å². The fourth-order valence-electron chi connectivity index (χ4n) is 13.3. The summed E-state index contributed by atoms with van der Waals surface area (Å²) in [5.74, 6) is -1.92. The average molecular weight is 1240 g/mol. The highest BCUT2D eigenvalue weighted by Crippen LogP contribution is 2.48. The Balaban J connectivity index is 0.838. The number of esters is 1. The van der Waals surface area contributed by atoms with E-state index in [1.807, 2.05) is 56.0 Å². The molecule has 3 fully saturated rings. The van der Waals surface area contributed by atoms with Crippen molar-refractivity contribution in [3.63, 3.8) is 0 Å². The molecule has 0 spiro atoms. The number of cyclic esters (lactones) is 1. The van der Waals surface area contributed by atoms with Crippen LogP contribution in [0.1, 0.15) is 95.0 Å². The maximum absolute atomic E-state index is 17.9. The first kappa shape index (κ1) is 60.4. The number of fused-ring (bicyclic) bond motifs is 8. The summed E-state index contributed by atoms with van der Waals surface area (Å²) >= 11 is 7.94. The predicted molar refractivity (Wildman–Crippen MR) is 328 cm³/mol. The first-order chi connectivity index (χ1) is 41.9. The molecule has 4 aromatic heterocycles. The number of halogens is 4. The Morgan fingerprint density at radius 1 is 1.03 bits per heavy atom. The number of amides is 2. The van der Waals surface area contributed by atoms with E-state index < -0.39 is 52.7 Å². The van der Waals surface area contributed by atoms with Crippen LogP contribution in [-0.4, -0.2) is 147 Å². The van der Waals surface area contributed by atoms with Crippen LogP contribution >= 0.6 is 22.9 Å². The molecule has 19 nitrogen and oxygen atoms in total. The van der Waals surface area contributed by atoms with Crippen molar-refractivity contribution in [3.8, 4) is 40.3 Å². The lowest BCUT2D eigenvalue weighted by Gasteiger charge is -2.41. The monoisotopic (exact) mass is 1240 g/mol. The minimum atomic E-state index is -1.96. The topological polar surface area (TPSA) is 218 Å². The number of piperazine rings is 1. The molecule has 0 bridgehead atoms. The van der Waals surface area contributed by atoms with E-state index in [1.54, 1.807) is 49.3 Å². The SMILES string of the molecule is CCc1c2c(nc3ccc(OC/C(=C\CN(C)C)C(=O)N4CCN(c5nc(OC[C@@]67CCCN6C[C@H](F)C7)nc6c(F)c(-c7ccc(F)c8sc(NC(=O)OC(C)(C)C)c(C#N)c78)c(Cl)cc56)[C@@H](C)C4)cc13)-c1cc3c(c(=O)n1C2)COC(=O)[C@]3(O)CC. The number of nitriles is 1. The van der Waals surface area contributed by atoms with Gasteiger partial charge in [0.2, 0.25) is 0 Å². The number of anilines is 2. The second kappa shape index (κ2) is 22.9. The molecule has 4 atom stereocenters. The molecule has 5 aliphatic heterocycles. The number of hydrogen-bond donors (Lipinski definition) is 2. The third-order valence-corrected chi connectivity index (χ3v) is 19.0. The van der Waals surface area contributed by atoms with E-state index in [0.29, 0.717) is 54.2 Å². The van der Waals surface area contributed by atoms with Crippen molar-refractivity contribution in [2.75, 3.05) is 76.8 Å². The molecule has 0 aliphatic carbocycles. The molecular formula is C64H66ClF3N10O9S.